The minimum Gasteiger partial charge on any atom is -0.349 e. The minimum absolute atomic E-state index is 0.0371. The Morgan fingerprint density at radius 1 is 1.28 bits per heavy atom. The van der Waals surface area contributed by atoms with Gasteiger partial charge in [-0.3, -0.25) is 4.79 Å². The molecule has 1 fully saturated rings. The van der Waals surface area contributed by atoms with Crippen LogP contribution in [0.1, 0.15) is 42.5 Å². The van der Waals surface area contributed by atoms with Crippen molar-refractivity contribution in [3.05, 3.63) is 30.1 Å². The van der Waals surface area contributed by atoms with Crippen molar-refractivity contribution in [1.82, 2.24) is 20.1 Å². The molecule has 18 heavy (non-hydrogen) atoms. The Morgan fingerprint density at radius 3 is 2.94 bits per heavy atom. The van der Waals surface area contributed by atoms with Gasteiger partial charge in [0.15, 0.2) is 0 Å². The maximum atomic E-state index is 12.2. The van der Waals surface area contributed by atoms with E-state index in [1.165, 1.54) is 23.9 Å². The molecule has 0 aliphatic heterocycles. The average molecular weight is 244 g/mol. The van der Waals surface area contributed by atoms with Crippen LogP contribution in [0.2, 0.25) is 0 Å². The van der Waals surface area contributed by atoms with Crippen LogP contribution in [0.4, 0.5) is 0 Å². The summed E-state index contributed by atoms with van der Waals surface area (Å²) in [6.07, 6.45) is 9.12. The minimum atomic E-state index is -0.0371. The van der Waals surface area contributed by atoms with Gasteiger partial charge >= 0.3 is 0 Å². The molecule has 1 saturated carbocycles. The van der Waals surface area contributed by atoms with E-state index in [9.17, 15) is 4.79 Å². The number of carbonyl (C=O) groups excluding carboxylic acids is 1. The molecule has 1 N–H and O–H groups in total. The van der Waals surface area contributed by atoms with Crippen LogP contribution < -0.4 is 5.32 Å². The van der Waals surface area contributed by atoms with Crippen molar-refractivity contribution < 1.29 is 4.79 Å². The number of aromatic nitrogens is 3. The van der Waals surface area contributed by atoms with E-state index in [0.29, 0.717) is 11.6 Å². The van der Waals surface area contributed by atoms with Crippen molar-refractivity contribution in [3.8, 4) is 0 Å². The molecule has 0 radical (unpaired) electrons. The Balaban J connectivity index is 1.79. The zero-order valence-electron chi connectivity index (χ0n) is 10.2. The lowest BCUT2D eigenvalue weighted by atomic mass is 9.95. The predicted octanol–water partition coefficient (Wildman–Crippen LogP) is 1.79. The fraction of sp³-hybridized carbons (Fsp3) is 0.462. The van der Waals surface area contributed by atoms with E-state index in [0.717, 1.165) is 18.4 Å². The van der Waals surface area contributed by atoms with Gasteiger partial charge < -0.3 is 5.32 Å². The first-order chi connectivity index (χ1) is 8.84. The van der Waals surface area contributed by atoms with Crippen molar-refractivity contribution in [3.63, 3.8) is 0 Å². The molecule has 1 aliphatic carbocycles. The Bertz CT molecular complexity index is 557. The molecule has 94 valence electrons. The van der Waals surface area contributed by atoms with Gasteiger partial charge in [0.25, 0.3) is 5.91 Å². The molecule has 2 aromatic heterocycles. The lowest BCUT2D eigenvalue weighted by Crippen LogP contribution is -2.36. The van der Waals surface area contributed by atoms with E-state index in [1.807, 2.05) is 12.1 Å². The van der Waals surface area contributed by atoms with Crippen molar-refractivity contribution in [2.24, 2.45) is 0 Å². The molecule has 2 heterocycles. The number of nitrogens with one attached hydrogen (secondary N) is 1. The number of amides is 1. The number of hydrogen-bond donors (Lipinski definition) is 1. The first kappa shape index (κ1) is 11.2. The molecule has 0 unspecified atom stereocenters. The zero-order chi connectivity index (χ0) is 12.4. The Labute approximate surface area is 105 Å². The van der Waals surface area contributed by atoms with Gasteiger partial charge in [-0.15, -0.1) is 0 Å². The normalized spacial score (nSPS) is 16.9. The van der Waals surface area contributed by atoms with Crippen molar-refractivity contribution >= 4 is 11.4 Å². The summed E-state index contributed by atoms with van der Waals surface area (Å²) in [5.41, 5.74) is 1.36. The lowest BCUT2D eigenvalue weighted by molar-refractivity contribution is 0.0929. The summed E-state index contributed by atoms with van der Waals surface area (Å²) >= 11 is 0. The summed E-state index contributed by atoms with van der Waals surface area (Å²) < 4.78 is 1.48. The van der Waals surface area contributed by atoms with Crippen LogP contribution in [0, 0.1) is 0 Å². The van der Waals surface area contributed by atoms with Crippen LogP contribution in [0.15, 0.2) is 24.5 Å². The van der Waals surface area contributed by atoms with Gasteiger partial charge in [0.2, 0.25) is 0 Å². The Morgan fingerprint density at radius 2 is 2.11 bits per heavy atom. The smallest absolute Gasteiger partial charge is 0.255 e. The van der Waals surface area contributed by atoms with Gasteiger partial charge in [-0.05, 0) is 25.0 Å². The monoisotopic (exact) mass is 244 g/mol. The fourth-order valence-corrected chi connectivity index (χ4v) is 2.52. The van der Waals surface area contributed by atoms with E-state index in [4.69, 9.17) is 0 Å². The van der Waals surface area contributed by atoms with E-state index < -0.39 is 0 Å². The summed E-state index contributed by atoms with van der Waals surface area (Å²) in [5, 5.41) is 11.2. The highest BCUT2D eigenvalue weighted by Gasteiger charge is 2.19. The second-order valence-electron chi connectivity index (χ2n) is 4.76. The van der Waals surface area contributed by atoms with Crippen LogP contribution in [-0.4, -0.2) is 26.8 Å². The highest BCUT2D eigenvalue weighted by atomic mass is 16.1. The molecule has 0 saturated heterocycles. The Hall–Kier alpha value is -1.91. The third-order valence-electron chi connectivity index (χ3n) is 3.49. The van der Waals surface area contributed by atoms with Crippen LogP contribution in [0.3, 0.4) is 0 Å². The molecule has 3 rings (SSSR count). The Kier molecular flexibility index (Phi) is 2.96. The number of nitrogens with zero attached hydrogens (tertiary/aromatic N) is 3. The van der Waals surface area contributed by atoms with E-state index in [2.05, 4.69) is 15.5 Å². The van der Waals surface area contributed by atoms with Crippen LogP contribution in [-0.2, 0) is 0 Å². The number of fused-ring (bicyclic) bond motifs is 1. The van der Waals surface area contributed by atoms with Crippen molar-refractivity contribution in [2.45, 2.75) is 38.1 Å². The second-order valence-corrected chi connectivity index (χ2v) is 4.76. The molecule has 5 heteroatoms. The van der Waals surface area contributed by atoms with Crippen LogP contribution in [0.25, 0.3) is 5.52 Å². The first-order valence-electron chi connectivity index (χ1n) is 6.44. The van der Waals surface area contributed by atoms with Gasteiger partial charge in [0, 0.05) is 12.2 Å². The van der Waals surface area contributed by atoms with Gasteiger partial charge in [0.1, 0.15) is 5.52 Å². The molecule has 0 aromatic carbocycles. The molecular weight excluding hydrogens is 228 g/mol. The second kappa shape index (κ2) is 4.76. The SMILES string of the molecule is O=C(NC1CCCCC1)c1cnn2ncccc12. The topological polar surface area (TPSA) is 59.3 Å². The summed E-state index contributed by atoms with van der Waals surface area (Å²) in [7, 11) is 0. The summed E-state index contributed by atoms with van der Waals surface area (Å²) in [4.78, 5) is 12.2. The molecule has 5 nitrogen and oxygen atoms in total. The highest BCUT2D eigenvalue weighted by Crippen LogP contribution is 2.18. The van der Waals surface area contributed by atoms with Gasteiger partial charge in [-0.1, -0.05) is 19.3 Å². The molecular formula is C13H16N4O. The first-order valence-corrected chi connectivity index (χ1v) is 6.44. The third kappa shape index (κ3) is 2.08. The molecule has 0 bridgehead atoms. The maximum Gasteiger partial charge on any atom is 0.255 e. The van der Waals surface area contributed by atoms with Gasteiger partial charge in [-0.25, -0.2) is 0 Å². The summed E-state index contributed by atoms with van der Waals surface area (Å²) in [6.45, 7) is 0. The van der Waals surface area contributed by atoms with E-state index in [1.54, 1.807) is 12.4 Å². The summed E-state index contributed by atoms with van der Waals surface area (Å²) in [6, 6.07) is 3.99. The largest absolute Gasteiger partial charge is 0.349 e. The average Bonchev–Trinajstić information content (AvgIpc) is 2.84. The lowest BCUT2D eigenvalue weighted by Gasteiger charge is -2.22. The van der Waals surface area contributed by atoms with Crippen molar-refractivity contribution in [2.75, 3.05) is 0 Å². The molecule has 0 spiro atoms. The van der Waals surface area contributed by atoms with E-state index in [-0.39, 0.29) is 5.91 Å². The van der Waals surface area contributed by atoms with Crippen LogP contribution >= 0.6 is 0 Å². The number of hydrogen-bond acceptors (Lipinski definition) is 3. The number of carbonyl (C=O) groups is 1. The molecule has 0 atom stereocenters. The standard InChI is InChI=1S/C13H16N4O/c18-13(16-10-5-2-1-3-6-10)11-9-15-17-12(11)7-4-8-14-17/h4,7-10H,1-3,5-6H2,(H,16,18). The quantitative estimate of drug-likeness (QED) is 0.876. The maximum absolute atomic E-state index is 12.2. The van der Waals surface area contributed by atoms with Crippen LogP contribution in [0.5, 0.6) is 0 Å². The summed E-state index contributed by atoms with van der Waals surface area (Å²) in [5.74, 6) is -0.0371. The molecule has 1 aliphatic rings. The number of rotatable bonds is 2. The van der Waals surface area contributed by atoms with Gasteiger partial charge in [-0.2, -0.15) is 14.8 Å². The molecule has 2 aromatic rings. The molecule has 1 amide bonds. The van der Waals surface area contributed by atoms with E-state index >= 15 is 0 Å². The predicted molar refractivity (Wildman–Crippen MR) is 67.3 cm³/mol. The third-order valence-corrected chi connectivity index (χ3v) is 3.49. The highest BCUT2D eigenvalue weighted by molar-refractivity contribution is 6.00. The fourth-order valence-electron chi connectivity index (χ4n) is 2.52. The zero-order valence-corrected chi connectivity index (χ0v) is 10.2. The van der Waals surface area contributed by atoms with Crippen molar-refractivity contribution in [1.29, 1.82) is 0 Å². The van der Waals surface area contributed by atoms with Gasteiger partial charge in [0.05, 0.1) is 11.8 Å².